The monoisotopic (exact) mass is 280 g/mol. The van der Waals surface area contributed by atoms with E-state index in [-0.39, 0.29) is 5.56 Å². The fourth-order valence-electron chi connectivity index (χ4n) is 1.40. The van der Waals surface area contributed by atoms with Gasteiger partial charge in [0.25, 0.3) is 0 Å². The fourth-order valence-corrected chi connectivity index (χ4v) is 1.67. The van der Waals surface area contributed by atoms with Crippen LogP contribution in [-0.2, 0) is 0 Å². The van der Waals surface area contributed by atoms with Crippen molar-refractivity contribution in [2.45, 2.75) is 31.8 Å². The van der Waals surface area contributed by atoms with Gasteiger partial charge >= 0.3 is 6.18 Å². The van der Waals surface area contributed by atoms with Gasteiger partial charge in [0.05, 0.1) is 0 Å². The summed E-state index contributed by atoms with van der Waals surface area (Å²) < 4.78 is 37.4. The van der Waals surface area contributed by atoms with Gasteiger partial charge in [0.2, 0.25) is 0 Å². The minimum absolute atomic E-state index is 0.267. The predicted octanol–water partition coefficient (Wildman–Crippen LogP) is 4.61. The fraction of sp³-hybridized carbons (Fsp3) is 0.455. The highest BCUT2D eigenvalue weighted by Crippen LogP contribution is 2.40. The van der Waals surface area contributed by atoms with Crippen molar-refractivity contribution in [2.75, 3.05) is 0 Å². The third-order valence-corrected chi connectivity index (χ3v) is 3.58. The van der Waals surface area contributed by atoms with Crippen LogP contribution < -0.4 is 0 Å². The Bertz CT molecular complexity index is 346. The summed E-state index contributed by atoms with van der Waals surface area (Å²) in [6, 6.07) is 3.16. The average Bonchev–Trinajstić information content (AvgIpc) is 2.10. The molecule has 84 valence electrons. The van der Waals surface area contributed by atoms with Gasteiger partial charge in [-0.15, -0.1) is 0 Å². The zero-order valence-electron chi connectivity index (χ0n) is 8.74. The summed E-state index contributed by atoms with van der Waals surface area (Å²) in [6.07, 6.45) is -4.24. The molecule has 1 aromatic carbocycles. The van der Waals surface area contributed by atoms with Crippen LogP contribution in [0.2, 0.25) is 0 Å². The summed E-state index contributed by atoms with van der Waals surface area (Å²) in [4.78, 5) is -1.58. The Kier molecular flexibility index (Phi) is 3.48. The second kappa shape index (κ2) is 4.16. The van der Waals surface area contributed by atoms with Crippen molar-refractivity contribution in [3.63, 3.8) is 0 Å². The lowest BCUT2D eigenvalue weighted by atomic mass is 9.99. The van der Waals surface area contributed by atoms with Crippen molar-refractivity contribution in [1.29, 1.82) is 0 Å². The molecule has 0 fully saturated rings. The van der Waals surface area contributed by atoms with Gasteiger partial charge in [-0.2, -0.15) is 13.2 Å². The van der Waals surface area contributed by atoms with Crippen molar-refractivity contribution >= 4 is 15.9 Å². The Labute approximate surface area is 95.6 Å². The van der Waals surface area contributed by atoms with E-state index in [1.165, 1.54) is 0 Å². The lowest BCUT2D eigenvalue weighted by Gasteiger charge is -2.16. The maximum atomic E-state index is 12.5. The first-order valence-electron chi connectivity index (χ1n) is 4.52. The summed E-state index contributed by atoms with van der Waals surface area (Å²) in [7, 11) is 0. The molecule has 0 aliphatic heterocycles. The molecule has 0 saturated heterocycles. The Morgan fingerprint density at radius 1 is 1.07 bits per heavy atom. The standard InChI is InChI=1S/C11H12BrF3/c1-6-4-9(5-7(2)8(6)3)10(12)11(13,14)15/h4-5,10H,1-3H3. The number of aryl methyl sites for hydroxylation is 2. The molecule has 1 atom stereocenters. The predicted molar refractivity (Wildman–Crippen MR) is 58.4 cm³/mol. The van der Waals surface area contributed by atoms with E-state index in [2.05, 4.69) is 15.9 Å². The van der Waals surface area contributed by atoms with E-state index in [4.69, 9.17) is 0 Å². The average molecular weight is 281 g/mol. The number of alkyl halides is 4. The molecule has 0 aliphatic carbocycles. The molecule has 1 unspecified atom stereocenters. The summed E-state index contributed by atoms with van der Waals surface area (Å²) in [5.41, 5.74) is 3.08. The third kappa shape index (κ3) is 2.74. The number of benzene rings is 1. The zero-order chi connectivity index (χ0) is 11.8. The molecule has 0 radical (unpaired) electrons. The van der Waals surface area contributed by atoms with Gasteiger partial charge in [0, 0.05) is 0 Å². The van der Waals surface area contributed by atoms with Crippen LogP contribution >= 0.6 is 15.9 Å². The number of halogens is 4. The summed E-state index contributed by atoms with van der Waals surface area (Å²) in [5, 5.41) is 0. The van der Waals surface area contributed by atoms with Gasteiger partial charge in [0.15, 0.2) is 0 Å². The first kappa shape index (κ1) is 12.6. The molecule has 0 bridgehead atoms. The SMILES string of the molecule is Cc1cc(C(Br)C(F)(F)F)cc(C)c1C. The molecule has 4 heteroatoms. The molecule has 1 rings (SSSR count). The minimum atomic E-state index is -4.24. The highest BCUT2D eigenvalue weighted by atomic mass is 79.9. The highest BCUT2D eigenvalue weighted by molar-refractivity contribution is 9.09. The van der Waals surface area contributed by atoms with Gasteiger partial charge in [-0.3, -0.25) is 0 Å². The molecule has 15 heavy (non-hydrogen) atoms. The first-order chi connectivity index (χ1) is 6.73. The maximum Gasteiger partial charge on any atom is 0.405 e. The van der Waals surface area contributed by atoms with Crippen LogP contribution in [0.25, 0.3) is 0 Å². The second-order valence-electron chi connectivity index (χ2n) is 3.68. The van der Waals surface area contributed by atoms with Crippen LogP contribution in [0, 0.1) is 20.8 Å². The molecule has 0 saturated carbocycles. The van der Waals surface area contributed by atoms with Crippen molar-refractivity contribution < 1.29 is 13.2 Å². The smallest absolute Gasteiger partial charge is 0.169 e. The van der Waals surface area contributed by atoms with Crippen LogP contribution in [0.15, 0.2) is 12.1 Å². The molecular formula is C11H12BrF3. The molecule has 0 N–H and O–H groups in total. The Balaban J connectivity index is 3.17. The molecule has 0 aliphatic rings. The second-order valence-corrected chi connectivity index (χ2v) is 4.60. The van der Waals surface area contributed by atoms with Crippen molar-refractivity contribution in [3.05, 3.63) is 34.4 Å². The summed E-state index contributed by atoms with van der Waals surface area (Å²) in [5.74, 6) is 0. The molecule has 0 spiro atoms. The zero-order valence-corrected chi connectivity index (χ0v) is 10.3. The lowest BCUT2D eigenvalue weighted by molar-refractivity contribution is -0.128. The Morgan fingerprint density at radius 2 is 1.47 bits per heavy atom. The van der Waals surface area contributed by atoms with Crippen LogP contribution in [0.1, 0.15) is 27.1 Å². The van der Waals surface area contributed by atoms with Crippen molar-refractivity contribution in [1.82, 2.24) is 0 Å². The van der Waals surface area contributed by atoms with E-state index in [1.54, 1.807) is 12.1 Å². The van der Waals surface area contributed by atoms with E-state index < -0.39 is 11.0 Å². The lowest BCUT2D eigenvalue weighted by Crippen LogP contribution is -2.15. The van der Waals surface area contributed by atoms with E-state index in [1.807, 2.05) is 20.8 Å². The van der Waals surface area contributed by atoms with Gasteiger partial charge in [-0.25, -0.2) is 0 Å². The normalized spacial score (nSPS) is 14.1. The van der Waals surface area contributed by atoms with Crippen LogP contribution in [0.3, 0.4) is 0 Å². The quantitative estimate of drug-likeness (QED) is 0.659. The van der Waals surface area contributed by atoms with Crippen LogP contribution in [-0.4, -0.2) is 6.18 Å². The topological polar surface area (TPSA) is 0 Å². The third-order valence-electron chi connectivity index (χ3n) is 2.53. The van der Waals surface area contributed by atoms with Crippen molar-refractivity contribution in [2.24, 2.45) is 0 Å². The molecule has 0 amide bonds. The van der Waals surface area contributed by atoms with E-state index in [9.17, 15) is 13.2 Å². The van der Waals surface area contributed by atoms with Crippen LogP contribution in [0.4, 0.5) is 13.2 Å². The minimum Gasteiger partial charge on any atom is -0.169 e. The van der Waals surface area contributed by atoms with Crippen LogP contribution in [0.5, 0.6) is 0 Å². The summed E-state index contributed by atoms with van der Waals surface area (Å²) >= 11 is 2.67. The van der Waals surface area contributed by atoms with Crippen molar-refractivity contribution in [3.8, 4) is 0 Å². The van der Waals surface area contributed by atoms with Gasteiger partial charge in [0.1, 0.15) is 4.83 Å². The molecular weight excluding hydrogens is 269 g/mol. The Morgan fingerprint density at radius 3 is 1.80 bits per heavy atom. The van der Waals surface area contributed by atoms with E-state index >= 15 is 0 Å². The number of hydrogen-bond donors (Lipinski definition) is 0. The van der Waals surface area contributed by atoms with E-state index in [0.717, 1.165) is 16.7 Å². The largest absolute Gasteiger partial charge is 0.405 e. The van der Waals surface area contributed by atoms with Gasteiger partial charge in [-0.1, -0.05) is 28.1 Å². The molecule has 0 aromatic heterocycles. The highest BCUT2D eigenvalue weighted by Gasteiger charge is 2.38. The number of hydrogen-bond acceptors (Lipinski definition) is 0. The molecule has 0 heterocycles. The molecule has 0 nitrogen and oxygen atoms in total. The van der Waals surface area contributed by atoms with E-state index in [0.29, 0.717) is 0 Å². The van der Waals surface area contributed by atoms with Gasteiger partial charge in [-0.05, 0) is 43.0 Å². The maximum absolute atomic E-state index is 12.5. The summed E-state index contributed by atoms with van der Waals surface area (Å²) in [6.45, 7) is 5.55. The first-order valence-corrected chi connectivity index (χ1v) is 5.43. The van der Waals surface area contributed by atoms with Gasteiger partial charge < -0.3 is 0 Å². The molecule has 1 aromatic rings. The number of rotatable bonds is 1. The Hall–Kier alpha value is -0.510.